The minimum atomic E-state index is -0.807. The zero-order chi connectivity index (χ0) is 19.6. The molecule has 1 heterocycles. The molecule has 3 rings (SSSR count). The number of ether oxygens (including phenoxy) is 1. The third kappa shape index (κ3) is 3.54. The van der Waals surface area contributed by atoms with Gasteiger partial charge in [0.15, 0.2) is 0 Å². The van der Waals surface area contributed by atoms with Gasteiger partial charge in [-0.05, 0) is 42.0 Å². The number of hydrogen-bond acceptors (Lipinski definition) is 5. The van der Waals surface area contributed by atoms with Crippen molar-refractivity contribution < 1.29 is 24.5 Å². The van der Waals surface area contributed by atoms with Gasteiger partial charge in [-0.1, -0.05) is 23.7 Å². The molecule has 0 radical (unpaired) electrons. The maximum absolute atomic E-state index is 12.6. The largest absolute Gasteiger partial charge is 0.507 e. The summed E-state index contributed by atoms with van der Waals surface area (Å²) in [5.74, 6) is -1.22. The summed E-state index contributed by atoms with van der Waals surface area (Å²) >= 11 is 5.88. The summed E-state index contributed by atoms with van der Waals surface area (Å²) in [6.45, 7) is -0.334. The fraction of sp³-hybridized carbons (Fsp3) is 0.200. The topological polar surface area (TPSA) is 87.1 Å². The number of hydrogen-bond donors (Lipinski definition) is 2. The normalized spacial score (nSPS) is 18.8. The number of aliphatic hydroxyl groups excluding tert-OH is 2. The number of aliphatic hydroxyl groups is 2. The zero-order valence-electron chi connectivity index (χ0n) is 14.6. The highest BCUT2D eigenvalue weighted by atomic mass is 35.5. The Kier molecular flexibility index (Phi) is 5.48. The van der Waals surface area contributed by atoms with E-state index in [-0.39, 0.29) is 24.5 Å². The number of benzene rings is 2. The van der Waals surface area contributed by atoms with Crippen molar-refractivity contribution in [3.05, 3.63) is 70.3 Å². The van der Waals surface area contributed by atoms with Crippen LogP contribution in [0, 0.1) is 0 Å². The third-order valence-corrected chi connectivity index (χ3v) is 4.68. The van der Waals surface area contributed by atoms with Gasteiger partial charge < -0.3 is 19.8 Å². The Morgan fingerprint density at radius 2 is 1.74 bits per heavy atom. The molecule has 1 saturated heterocycles. The highest BCUT2D eigenvalue weighted by molar-refractivity contribution is 6.46. The lowest BCUT2D eigenvalue weighted by Crippen LogP contribution is -2.32. The first-order valence-corrected chi connectivity index (χ1v) is 8.65. The number of ketones is 1. The summed E-state index contributed by atoms with van der Waals surface area (Å²) < 4.78 is 5.14. The Morgan fingerprint density at radius 3 is 2.30 bits per heavy atom. The number of carbonyl (C=O) groups excluding carboxylic acids is 2. The molecule has 0 aliphatic carbocycles. The lowest BCUT2D eigenvalue weighted by atomic mass is 9.95. The summed E-state index contributed by atoms with van der Waals surface area (Å²) in [5.41, 5.74) is 0.972. The molecule has 2 aromatic carbocycles. The lowest BCUT2D eigenvalue weighted by molar-refractivity contribution is -0.140. The molecule has 0 bridgehead atoms. The second kappa shape index (κ2) is 7.82. The molecule has 27 heavy (non-hydrogen) atoms. The van der Waals surface area contributed by atoms with Crippen LogP contribution in [0.5, 0.6) is 5.75 Å². The summed E-state index contributed by atoms with van der Waals surface area (Å²) in [6, 6.07) is 12.4. The van der Waals surface area contributed by atoms with Crippen LogP contribution in [0.3, 0.4) is 0 Å². The van der Waals surface area contributed by atoms with Crippen molar-refractivity contribution in [3.8, 4) is 5.75 Å². The van der Waals surface area contributed by atoms with E-state index in [0.717, 1.165) is 0 Å². The average Bonchev–Trinajstić information content (AvgIpc) is 2.93. The minimum absolute atomic E-state index is 0.0269. The van der Waals surface area contributed by atoms with Gasteiger partial charge in [-0.2, -0.15) is 0 Å². The number of nitrogens with zero attached hydrogens (tertiary/aromatic N) is 1. The fourth-order valence-corrected chi connectivity index (χ4v) is 3.24. The van der Waals surface area contributed by atoms with E-state index in [4.69, 9.17) is 16.3 Å². The Morgan fingerprint density at radius 1 is 1.11 bits per heavy atom. The van der Waals surface area contributed by atoms with E-state index in [9.17, 15) is 19.8 Å². The van der Waals surface area contributed by atoms with Crippen molar-refractivity contribution in [2.75, 3.05) is 20.3 Å². The lowest BCUT2D eigenvalue weighted by Gasteiger charge is -2.24. The first-order chi connectivity index (χ1) is 13.0. The molecule has 1 amide bonds. The highest BCUT2D eigenvalue weighted by Crippen LogP contribution is 2.39. The van der Waals surface area contributed by atoms with Gasteiger partial charge >= 0.3 is 0 Å². The number of likely N-dealkylation sites (tertiary alicyclic amines) is 1. The molecule has 2 N–H and O–H groups in total. The maximum Gasteiger partial charge on any atom is 0.295 e. The molecule has 0 unspecified atom stereocenters. The van der Waals surface area contributed by atoms with E-state index in [2.05, 4.69) is 0 Å². The minimum Gasteiger partial charge on any atom is -0.507 e. The van der Waals surface area contributed by atoms with E-state index in [1.165, 1.54) is 12.0 Å². The molecule has 1 atom stereocenters. The molecule has 0 saturated carbocycles. The second-order valence-corrected chi connectivity index (χ2v) is 6.43. The summed E-state index contributed by atoms with van der Waals surface area (Å²) in [7, 11) is 1.54. The van der Waals surface area contributed by atoms with E-state index >= 15 is 0 Å². The van der Waals surface area contributed by atoms with Gasteiger partial charge in [0.05, 0.1) is 25.3 Å². The van der Waals surface area contributed by atoms with Gasteiger partial charge in [0.25, 0.3) is 11.7 Å². The van der Waals surface area contributed by atoms with Crippen molar-refractivity contribution in [1.29, 1.82) is 0 Å². The Bertz CT molecular complexity index is 890. The van der Waals surface area contributed by atoms with Crippen molar-refractivity contribution in [2.24, 2.45) is 0 Å². The molecule has 7 heteroatoms. The highest BCUT2D eigenvalue weighted by Gasteiger charge is 2.45. The van der Waals surface area contributed by atoms with Gasteiger partial charge in [-0.25, -0.2) is 0 Å². The van der Waals surface area contributed by atoms with Crippen molar-refractivity contribution in [2.45, 2.75) is 6.04 Å². The monoisotopic (exact) mass is 387 g/mol. The zero-order valence-corrected chi connectivity index (χ0v) is 15.3. The predicted octanol–water partition coefficient (Wildman–Crippen LogP) is 2.76. The van der Waals surface area contributed by atoms with E-state index in [1.807, 2.05) is 0 Å². The van der Waals surface area contributed by atoms with Crippen LogP contribution in [0.1, 0.15) is 17.2 Å². The smallest absolute Gasteiger partial charge is 0.295 e. The van der Waals surface area contributed by atoms with Gasteiger partial charge in [0, 0.05) is 17.1 Å². The molecule has 0 spiro atoms. The van der Waals surface area contributed by atoms with Gasteiger partial charge in [0.1, 0.15) is 11.5 Å². The number of amides is 1. The SMILES string of the molecule is COc1ccc([C@@H]2/C(=C(\O)c3ccc(Cl)cc3)C(=O)C(=O)N2CCO)cc1. The first-order valence-electron chi connectivity index (χ1n) is 8.27. The van der Waals surface area contributed by atoms with Gasteiger partial charge in [0.2, 0.25) is 0 Å². The summed E-state index contributed by atoms with van der Waals surface area (Å²) in [4.78, 5) is 26.4. The molecule has 1 aliphatic rings. The van der Waals surface area contributed by atoms with Crippen LogP contribution in [0.2, 0.25) is 5.02 Å². The van der Waals surface area contributed by atoms with Crippen LogP contribution in [0.4, 0.5) is 0 Å². The number of β-amino-alcohol motifs (C(OH)–C–C–N with tert-alkyl or cyclic N) is 1. The Hall–Kier alpha value is -2.83. The molecule has 1 fully saturated rings. The van der Waals surface area contributed by atoms with Crippen LogP contribution in [0.15, 0.2) is 54.1 Å². The number of carbonyl (C=O) groups is 2. The molecule has 140 valence electrons. The van der Waals surface area contributed by atoms with Crippen LogP contribution in [0.25, 0.3) is 5.76 Å². The number of Topliss-reactive ketones (excluding diaryl/α,β-unsaturated/α-hetero) is 1. The standard InChI is InChI=1S/C20H18ClNO5/c1-27-15-8-4-12(5-9-15)17-16(19(25)20(26)22(17)10-11-23)18(24)13-2-6-14(21)7-3-13/h2-9,17,23-24H,10-11H2,1H3/b18-16+/t17-/m1/s1. The predicted molar refractivity (Wildman–Crippen MR) is 101 cm³/mol. The van der Waals surface area contributed by atoms with E-state index in [0.29, 0.717) is 21.9 Å². The number of methoxy groups -OCH3 is 1. The van der Waals surface area contributed by atoms with Crippen molar-refractivity contribution in [3.63, 3.8) is 0 Å². The van der Waals surface area contributed by atoms with Gasteiger partial charge in [-0.3, -0.25) is 9.59 Å². The van der Waals surface area contributed by atoms with Gasteiger partial charge in [-0.15, -0.1) is 0 Å². The van der Waals surface area contributed by atoms with Crippen molar-refractivity contribution in [1.82, 2.24) is 4.90 Å². The summed E-state index contributed by atoms with van der Waals surface area (Å²) in [6.07, 6.45) is 0. The maximum atomic E-state index is 12.6. The Balaban J connectivity index is 2.15. The molecular weight excluding hydrogens is 370 g/mol. The first kappa shape index (κ1) is 18.9. The molecule has 1 aliphatic heterocycles. The molecular formula is C20H18ClNO5. The van der Waals surface area contributed by atoms with Crippen LogP contribution < -0.4 is 4.74 Å². The second-order valence-electron chi connectivity index (χ2n) is 6.00. The van der Waals surface area contributed by atoms with Crippen LogP contribution >= 0.6 is 11.6 Å². The van der Waals surface area contributed by atoms with Crippen LogP contribution in [-0.4, -0.2) is 47.1 Å². The average molecular weight is 388 g/mol. The van der Waals surface area contributed by atoms with E-state index < -0.39 is 17.7 Å². The number of rotatable bonds is 5. The van der Waals surface area contributed by atoms with E-state index in [1.54, 1.807) is 48.5 Å². The van der Waals surface area contributed by atoms with Crippen LogP contribution in [-0.2, 0) is 9.59 Å². The molecule has 6 nitrogen and oxygen atoms in total. The fourth-order valence-electron chi connectivity index (χ4n) is 3.11. The molecule has 0 aromatic heterocycles. The third-order valence-electron chi connectivity index (χ3n) is 4.43. The summed E-state index contributed by atoms with van der Waals surface area (Å²) in [5, 5.41) is 20.6. The van der Waals surface area contributed by atoms with Crippen molar-refractivity contribution >= 4 is 29.1 Å². The molecule has 2 aromatic rings. The quantitative estimate of drug-likeness (QED) is 0.468. The Labute approximate surface area is 161 Å². The number of halogens is 1.